The molecule has 4 aromatic rings. The summed E-state index contributed by atoms with van der Waals surface area (Å²) in [5.41, 5.74) is 3.67. The van der Waals surface area contributed by atoms with Crippen molar-refractivity contribution >= 4 is 28.8 Å². The van der Waals surface area contributed by atoms with Gasteiger partial charge in [0.1, 0.15) is 11.1 Å². The number of aromatic carboxylic acids is 1. The number of fused-ring (bicyclic) bond motifs is 1. The van der Waals surface area contributed by atoms with Gasteiger partial charge in [-0.3, -0.25) is 4.79 Å². The van der Waals surface area contributed by atoms with Crippen molar-refractivity contribution in [2.24, 2.45) is 0 Å². The first-order valence-electron chi connectivity index (χ1n) is 10.8. The Hall–Kier alpha value is -4.07. The van der Waals surface area contributed by atoms with E-state index in [1.807, 2.05) is 50.5 Å². The summed E-state index contributed by atoms with van der Waals surface area (Å²) in [6.45, 7) is 2.09. The van der Waals surface area contributed by atoms with Crippen LogP contribution in [0.4, 0.5) is 11.7 Å². The Kier molecular flexibility index (Phi) is 5.12. The molecule has 1 fully saturated rings. The lowest BCUT2D eigenvalue weighted by Gasteiger charge is -2.19. The van der Waals surface area contributed by atoms with E-state index in [1.165, 1.54) is 25.1 Å². The van der Waals surface area contributed by atoms with Gasteiger partial charge in [-0.05, 0) is 42.7 Å². The summed E-state index contributed by atoms with van der Waals surface area (Å²) in [7, 11) is 3.69. The lowest BCUT2D eigenvalue weighted by Crippen LogP contribution is -2.18. The Morgan fingerprint density at radius 3 is 2.39 bits per heavy atom. The first-order valence-corrected chi connectivity index (χ1v) is 10.8. The zero-order valence-corrected chi connectivity index (χ0v) is 18.5. The molecule has 2 aromatic carbocycles. The van der Waals surface area contributed by atoms with E-state index in [0.29, 0.717) is 28.5 Å². The number of carboxylic acids is 1. The lowest BCUT2D eigenvalue weighted by molar-refractivity contribution is 0.0695. The monoisotopic (exact) mass is 444 g/mol. The number of aromatic nitrogens is 2. The topological polar surface area (TPSA) is 91.8 Å². The van der Waals surface area contributed by atoms with E-state index in [4.69, 9.17) is 4.42 Å². The van der Waals surface area contributed by atoms with Gasteiger partial charge in [-0.25, -0.2) is 4.79 Å². The van der Waals surface area contributed by atoms with Gasteiger partial charge in [-0.1, -0.05) is 12.1 Å². The van der Waals surface area contributed by atoms with Gasteiger partial charge in [0, 0.05) is 56.9 Å². The highest BCUT2D eigenvalue weighted by Crippen LogP contribution is 2.29. The average molecular weight is 444 g/mol. The normalized spacial score (nSPS) is 13.6. The van der Waals surface area contributed by atoms with Crippen molar-refractivity contribution in [1.29, 1.82) is 0 Å². The molecular weight excluding hydrogens is 420 g/mol. The molecule has 8 heteroatoms. The molecule has 0 amide bonds. The van der Waals surface area contributed by atoms with Crippen LogP contribution in [-0.2, 0) is 0 Å². The number of carbonyl (C=O) groups is 1. The van der Waals surface area contributed by atoms with Crippen molar-refractivity contribution in [2.75, 3.05) is 37.0 Å². The number of carboxylic acid groups (broad SMARTS) is 1. The third-order valence-corrected chi connectivity index (χ3v) is 5.94. The molecule has 1 aliphatic heterocycles. The van der Waals surface area contributed by atoms with Gasteiger partial charge in [0.25, 0.3) is 6.01 Å². The Morgan fingerprint density at radius 2 is 1.73 bits per heavy atom. The van der Waals surface area contributed by atoms with E-state index < -0.39 is 11.4 Å². The molecule has 8 nitrogen and oxygen atoms in total. The van der Waals surface area contributed by atoms with Crippen LogP contribution in [0.1, 0.15) is 23.2 Å². The van der Waals surface area contributed by atoms with Crippen LogP contribution in [0.25, 0.3) is 28.0 Å². The van der Waals surface area contributed by atoms with Crippen molar-refractivity contribution in [3.63, 3.8) is 0 Å². The molecule has 0 bridgehead atoms. The second kappa shape index (κ2) is 8.12. The summed E-state index contributed by atoms with van der Waals surface area (Å²) >= 11 is 0. The Balaban J connectivity index is 1.64. The maximum atomic E-state index is 12.6. The summed E-state index contributed by atoms with van der Waals surface area (Å²) < 4.78 is 7.54. The van der Waals surface area contributed by atoms with Crippen LogP contribution in [-0.4, -0.2) is 47.8 Å². The smallest absolute Gasteiger partial charge is 0.341 e. The number of hydrogen-bond donors (Lipinski definition) is 1. The minimum Gasteiger partial charge on any atom is -0.477 e. The van der Waals surface area contributed by atoms with Gasteiger partial charge in [-0.2, -0.15) is 4.98 Å². The molecule has 0 radical (unpaired) electrons. The van der Waals surface area contributed by atoms with Gasteiger partial charge in [0.05, 0.1) is 5.69 Å². The molecule has 3 heterocycles. The summed E-state index contributed by atoms with van der Waals surface area (Å²) in [4.78, 5) is 32.8. The van der Waals surface area contributed by atoms with Crippen LogP contribution >= 0.6 is 0 Å². The highest BCUT2D eigenvalue weighted by Gasteiger charge is 2.17. The van der Waals surface area contributed by atoms with E-state index in [-0.39, 0.29) is 5.56 Å². The predicted octanol–water partition coefficient (Wildman–Crippen LogP) is 4.01. The zero-order chi connectivity index (χ0) is 23.1. The molecular formula is C25H24N4O4. The summed E-state index contributed by atoms with van der Waals surface area (Å²) in [5.74, 6) is -1.26. The van der Waals surface area contributed by atoms with Gasteiger partial charge < -0.3 is 23.9 Å². The maximum Gasteiger partial charge on any atom is 0.341 e. The standard InChI is InChI=1S/C25H24N4O4/c1-27(2)25-26-20-10-9-18(13-23(20)33-25)29-15-19(24(31)32)22(30)14-21(29)16-5-7-17(8-6-16)28-11-3-4-12-28/h5-10,13-15H,3-4,11-12H2,1-2H3,(H,31,32). The molecule has 0 aliphatic carbocycles. The van der Waals surface area contributed by atoms with Gasteiger partial charge >= 0.3 is 5.97 Å². The lowest BCUT2D eigenvalue weighted by atomic mass is 10.1. The van der Waals surface area contributed by atoms with E-state index in [1.54, 1.807) is 15.5 Å². The number of oxazole rings is 1. The fourth-order valence-corrected chi connectivity index (χ4v) is 4.19. The van der Waals surface area contributed by atoms with Crippen LogP contribution in [0.15, 0.2) is 63.9 Å². The zero-order valence-electron chi connectivity index (χ0n) is 18.5. The minimum atomic E-state index is -1.26. The van der Waals surface area contributed by atoms with Crippen molar-refractivity contribution in [2.45, 2.75) is 12.8 Å². The molecule has 0 atom stereocenters. The molecule has 168 valence electrons. The molecule has 5 rings (SSSR count). The first-order chi connectivity index (χ1) is 15.9. The van der Waals surface area contributed by atoms with Gasteiger partial charge in [-0.15, -0.1) is 0 Å². The number of rotatable bonds is 5. The van der Waals surface area contributed by atoms with E-state index in [9.17, 15) is 14.7 Å². The fourth-order valence-electron chi connectivity index (χ4n) is 4.19. The fraction of sp³-hybridized carbons (Fsp3) is 0.240. The van der Waals surface area contributed by atoms with Crippen LogP contribution in [0.2, 0.25) is 0 Å². The molecule has 0 unspecified atom stereocenters. The van der Waals surface area contributed by atoms with Crippen LogP contribution < -0.4 is 15.2 Å². The van der Waals surface area contributed by atoms with Crippen LogP contribution in [0.3, 0.4) is 0 Å². The first kappa shape index (κ1) is 20.8. The second-order valence-electron chi connectivity index (χ2n) is 8.40. The van der Waals surface area contributed by atoms with Crippen molar-refractivity contribution in [3.05, 3.63) is 70.5 Å². The van der Waals surface area contributed by atoms with E-state index in [0.717, 1.165) is 24.3 Å². The molecule has 0 spiro atoms. The molecule has 0 saturated carbocycles. The van der Waals surface area contributed by atoms with Gasteiger partial charge in [0.2, 0.25) is 0 Å². The minimum absolute atomic E-state index is 0.293. The SMILES string of the molecule is CN(C)c1nc2ccc(-n3cc(C(=O)O)c(=O)cc3-c3ccc(N4CCCC4)cc3)cc2o1. The highest BCUT2D eigenvalue weighted by molar-refractivity contribution is 5.88. The van der Waals surface area contributed by atoms with Crippen LogP contribution in [0.5, 0.6) is 0 Å². The van der Waals surface area contributed by atoms with Gasteiger partial charge in [0.15, 0.2) is 11.0 Å². The number of benzene rings is 2. The Bertz CT molecular complexity index is 1400. The van der Waals surface area contributed by atoms with Crippen molar-refractivity contribution in [1.82, 2.24) is 9.55 Å². The number of nitrogens with zero attached hydrogens (tertiary/aromatic N) is 4. The summed E-state index contributed by atoms with van der Waals surface area (Å²) in [6, 6.07) is 15.3. The summed E-state index contributed by atoms with van der Waals surface area (Å²) in [5, 5.41) is 9.54. The van der Waals surface area contributed by atoms with Crippen LogP contribution in [0, 0.1) is 0 Å². The largest absolute Gasteiger partial charge is 0.477 e. The molecule has 1 N–H and O–H groups in total. The average Bonchev–Trinajstić information content (AvgIpc) is 3.48. The quantitative estimate of drug-likeness (QED) is 0.497. The van der Waals surface area contributed by atoms with E-state index in [2.05, 4.69) is 9.88 Å². The number of pyridine rings is 1. The number of hydrogen-bond acceptors (Lipinski definition) is 6. The molecule has 33 heavy (non-hydrogen) atoms. The second-order valence-corrected chi connectivity index (χ2v) is 8.40. The Morgan fingerprint density at radius 1 is 1.03 bits per heavy atom. The van der Waals surface area contributed by atoms with Crippen molar-refractivity contribution < 1.29 is 14.3 Å². The molecule has 1 saturated heterocycles. The maximum absolute atomic E-state index is 12.6. The third-order valence-electron chi connectivity index (χ3n) is 5.94. The third kappa shape index (κ3) is 3.84. The highest BCUT2D eigenvalue weighted by atomic mass is 16.4. The van der Waals surface area contributed by atoms with Crippen molar-refractivity contribution in [3.8, 4) is 16.9 Å². The predicted molar refractivity (Wildman–Crippen MR) is 128 cm³/mol. The number of anilines is 2. The molecule has 1 aliphatic rings. The Labute approximate surface area is 190 Å². The summed E-state index contributed by atoms with van der Waals surface area (Å²) in [6.07, 6.45) is 3.76. The van der Waals surface area contributed by atoms with E-state index >= 15 is 0 Å². The molecule has 2 aromatic heterocycles.